The Kier molecular flexibility index (Phi) is 6.60. The molecule has 0 N–H and O–H groups in total. The number of fused-ring (bicyclic) bond motifs is 16. The molecule has 4 nitrogen and oxygen atoms in total. The highest BCUT2D eigenvalue weighted by Crippen LogP contribution is 2.66. The molecule has 58 heavy (non-hydrogen) atoms. The minimum atomic E-state index is -0.447. The van der Waals surface area contributed by atoms with Crippen LogP contribution in [0.1, 0.15) is 99.6 Å². The highest BCUT2D eigenvalue weighted by atomic mass is 16.5. The Morgan fingerprint density at radius 1 is 0.500 bits per heavy atom. The van der Waals surface area contributed by atoms with E-state index in [-0.39, 0.29) is 17.5 Å². The minimum absolute atomic E-state index is 0.00445. The van der Waals surface area contributed by atoms with Crippen LogP contribution in [0, 0.1) is 0 Å². The molecule has 3 aliphatic carbocycles. The van der Waals surface area contributed by atoms with Crippen LogP contribution < -0.4 is 35.7 Å². The summed E-state index contributed by atoms with van der Waals surface area (Å²) in [6, 6.07) is 40.1. The fourth-order valence-corrected chi connectivity index (χ4v) is 12.6. The zero-order valence-electron chi connectivity index (χ0n) is 34.2. The lowest BCUT2D eigenvalue weighted by Crippen LogP contribution is -2.58. The Bertz CT molecular complexity index is 2790. The van der Waals surface area contributed by atoms with Crippen LogP contribution in [0.25, 0.3) is 22.3 Å². The van der Waals surface area contributed by atoms with E-state index in [9.17, 15) is 0 Å². The largest absolute Gasteiger partial charge is 0.458 e. The molecule has 0 bridgehead atoms. The summed E-state index contributed by atoms with van der Waals surface area (Å²) >= 11 is 0. The average molecular weight is 757 g/mol. The molecule has 6 aromatic rings. The SMILES string of the molecule is CC1(C)CCC(C)(C)c2cc3c(cc21)Oc1cc(N2CCCC2)cc2c1B3c1ccc3c(c1O2)-c1ccccc1C31c2ccccc2-c2c(N3CCCC3)cccc21. The number of nitrogens with zero attached hydrogens (tertiary/aromatic N) is 2. The van der Waals surface area contributed by atoms with Crippen molar-refractivity contribution in [3.8, 4) is 45.3 Å². The fourth-order valence-electron chi connectivity index (χ4n) is 12.6. The summed E-state index contributed by atoms with van der Waals surface area (Å²) in [5.41, 5.74) is 19.6. The van der Waals surface area contributed by atoms with E-state index in [0.29, 0.717) is 0 Å². The fraction of sp³-hybridized carbons (Fsp3) is 0.321. The Morgan fingerprint density at radius 3 is 1.79 bits per heavy atom. The summed E-state index contributed by atoms with van der Waals surface area (Å²) in [5.74, 6) is 3.90. The van der Waals surface area contributed by atoms with E-state index in [4.69, 9.17) is 9.47 Å². The van der Waals surface area contributed by atoms with Crippen LogP contribution in [0.3, 0.4) is 0 Å². The smallest absolute Gasteiger partial charge is 0.260 e. The van der Waals surface area contributed by atoms with Crippen molar-refractivity contribution in [2.45, 2.75) is 82.5 Å². The van der Waals surface area contributed by atoms with Gasteiger partial charge in [-0.1, -0.05) is 107 Å². The second-order valence-corrected chi connectivity index (χ2v) is 19.5. The first-order valence-corrected chi connectivity index (χ1v) is 22.0. The lowest BCUT2D eigenvalue weighted by molar-refractivity contribution is 0.330. The molecule has 6 aromatic carbocycles. The van der Waals surface area contributed by atoms with Gasteiger partial charge in [0.15, 0.2) is 0 Å². The molecule has 286 valence electrons. The zero-order valence-corrected chi connectivity index (χ0v) is 34.2. The van der Waals surface area contributed by atoms with Gasteiger partial charge in [0.25, 0.3) is 6.71 Å². The molecule has 2 fully saturated rings. The lowest BCUT2D eigenvalue weighted by Gasteiger charge is -2.43. The van der Waals surface area contributed by atoms with Gasteiger partial charge in [0, 0.05) is 66.3 Å². The van der Waals surface area contributed by atoms with Gasteiger partial charge in [-0.3, -0.25) is 0 Å². The minimum Gasteiger partial charge on any atom is -0.458 e. The lowest BCUT2D eigenvalue weighted by atomic mass is 9.34. The maximum Gasteiger partial charge on any atom is 0.260 e. The van der Waals surface area contributed by atoms with Gasteiger partial charge < -0.3 is 19.3 Å². The molecule has 13 rings (SSSR count). The van der Waals surface area contributed by atoms with E-state index in [1.807, 2.05) is 0 Å². The van der Waals surface area contributed by atoms with Gasteiger partial charge in [-0.2, -0.15) is 0 Å². The van der Waals surface area contributed by atoms with Crippen LogP contribution in [-0.4, -0.2) is 32.9 Å². The molecule has 0 aromatic heterocycles. The number of benzene rings is 6. The Hall–Kier alpha value is -5.42. The third-order valence-corrected chi connectivity index (χ3v) is 15.6. The first-order valence-electron chi connectivity index (χ1n) is 22.0. The summed E-state index contributed by atoms with van der Waals surface area (Å²) in [5, 5.41) is 0. The van der Waals surface area contributed by atoms with Gasteiger partial charge in [-0.05, 0) is 117 Å². The number of hydrogen-bond acceptors (Lipinski definition) is 4. The van der Waals surface area contributed by atoms with Crippen LogP contribution in [0.15, 0.2) is 103 Å². The van der Waals surface area contributed by atoms with Crippen molar-refractivity contribution in [1.29, 1.82) is 0 Å². The van der Waals surface area contributed by atoms with Crippen molar-refractivity contribution in [2.75, 3.05) is 36.0 Å². The Balaban J connectivity index is 1.10. The van der Waals surface area contributed by atoms with Gasteiger partial charge in [-0.25, -0.2) is 0 Å². The van der Waals surface area contributed by atoms with Crippen LogP contribution in [-0.2, 0) is 16.2 Å². The molecule has 1 spiro atoms. The molecule has 5 heteroatoms. The Morgan fingerprint density at radius 2 is 1.09 bits per heavy atom. The maximum atomic E-state index is 7.49. The third-order valence-electron chi connectivity index (χ3n) is 15.6. The maximum absolute atomic E-state index is 7.49. The molecule has 4 heterocycles. The van der Waals surface area contributed by atoms with Crippen LogP contribution >= 0.6 is 0 Å². The van der Waals surface area contributed by atoms with Gasteiger partial charge in [0.2, 0.25) is 0 Å². The molecule has 4 aliphatic heterocycles. The van der Waals surface area contributed by atoms with E-state index in [0.717, 1.165) is 49.2 Å². The predicted octanol–water partition coefficient (Wildman–Crippen LogP) is 10.3. The van der Waals surface area contributed by atoms with E-state index in [2.05, 4.69) is 141 Å². The number of rotatable bonds is 2. The summed E-state index contributed by atoms with van der Waals surface area (Å²) in [7, 11) is 0. The summed E-state index contributed by atoms with van der Waals surface area (Å²) in [6.07, 6.45) is 7.28. The summed E-state index contributed by atoms with van der Waals surface area (Å²) < 4.78 is 14.6. The van der Waals surface area contributed by atoms with Crippen molar-refractivity contribution >= 4 is 34.5 Å². The molecule has 0 radical (unpaired) electrons. The zero-order chi connectivity index (χ0) is 38.7. The topological polar surface area (TPSA) is 24.9 Å². The second-order valence-electron chi connectivity index (χ2n) is 19.5. The van der Waals surface area contributed by atoms with E-state index in [1.54, 1.807) is 0 Å². The van der Waals surface area contributed by atoms with Gasteiger partial charge in [0.1, 0.15) is 23.0 Å². The molecular formula is C53H49BN2O2. The molecule has 7 aliphatic rings. The number of ether oxygens (including phenoxy) is 2. The normalized spacial score (nSPS) is 21.6. The van der Waals surface area contributed by atoms with Crippen molar-refractivity contribution in [1.82, 2.24) is 0 Å². The number of anilines is 2. The summed E-state index contributed by atoms with van der Waals surface area (Å²) in [4.78, 5) is 5.15. The highest BCUT2D eigenvalue weighted by Gasteiger charge is 2.55. The van der Waals surface area contributed by atoms with Crippen LogP contribution in [0.5, 0.6) is 23.0 Å². The van der Waals surface area contributed by atoms with Crippen molar-refractivity contribution in [2.24, 2.45) is 0 Å². The second kappa shape index (κ2) is 11.4. The quantitative estimate of drug-likeness (QED) is 0.164. The van der Waals surface area contributed by atoms with Gasteiger partial charge >= 0.3 is 0 Å². The highest BCUT2D eigenvalue weighted by molar-refractivity contribution is 6.98. The van der Waals surface area contributed by atoms with Crippen molar-refractivity contribution < 1.29 is 9.47 Å². The third kappa shape index (κ3) is 4.18. The molecule has 2 saturated heterocycles. The predicted molar refractivity (Wildman–Crippen MR) is 239 cm³/mol. The first kappa shape index (κ1) is 33.5. The molecule has 1 unspecified atom stereocenters. The number of hydrogen-bond donors (Lipinski definition) is 0. The summed E-state index contributed by atoms with van der Waals surface area (Å²) in [6.45, 7) is 14.1. The van der Waals surface area contributed by atoms with Gasteiger partial charge in [-0.15, -0.1) is 0 Å². The Labute approximate surface area is 342 Å². The van der Waals surface area contributed by atoms with Crippen LogP contribution in [0.4, 0.5) is 11.4 Å². The van der Waals surface area contributed by atoms with E-state index in [1.165, 1.54) is 122 Å². The van der Waals surface area contributed by atoms with E-state index < -0.39 is 5.41 Å². The van der Waals surface area contributed by atoms with Crippen molar-refractivity contribution in [3.05, 3.63) is 137 Å². The van der Waals surface area contributed by atoms with Crippen molar-refractivity contribution in [3.63, 3.8) is 0 Å². The molecule has 0 amide bonds. The van der Waals surface area contributed by atoms with E-state index >= 15 is 0 Å². The van der Waals surface area contributed by atoms with Gasteiger partial charge in [0.05, 0.1) is 5.41 Å². The molecule has 1 atom stereocenters. The standard InChI is InChI=1S/C53H49BN2O2/c1-51(2)22-23-52(3,4)40-31-44-42(30-39(40)51)54-41-21-20-38-48(50(41)58-46-29-32(55-24-9-10-25-55)28-45(57-44)49(46)54)34-15-6-8-17-36(34)53(38)35-16-7-5-14-33(35)47-37(53)18-13-19-43(47)56-26-11-12-27-56/h5-8,13-21,28-31H,9-12,22-27H2,1-4H3. The molecular weight excluding hydrogens is 707 g/mol. The monoisotopic (exact) mass is 756 g/mol. The molecule has 0 saturated carbocycles. The average Bonchev–Trinajstić information content (AvgIpc) is 4.06. The first-order chi connectivity index (χ1) is 28.2. The van der Waals surface area contributed by atoms with Crippen LogP contribution in [0.2, 0.25) is 0 Å².